The van der Waals surface area contributed by atoms with Gasteiger partial charge < -0.3 is 15.7 Å². The maximum Gasteiger partial charge on any atom is 0.303 e. The van der Waals surface area contributed by atoms with Crippen LogP contribution in [0.3, 0.4) is 0 Å². The average molecular weight is 272 g/mol. The van der Waals surface area contributed by atoms with E-state index in [1.165, 1.54) is 0 Å². The van der Waals surface area contributed by atoms with Crippen molar-refractivity contribution in [3.05, 3.63) is 0 Å². The molecule has 19 heavy (non-hydrogen) atoms. The van der Waals surface area contributed by atoms with Gasteiger partial charge in [0.2, 0.25) is 5.91 Å². The first-order valence-corrected chi connectivity index (χ1v) is 7.05. The molecule has 5 nitrogen and oxygen atoms in total. The second kappa shape index (κ2) is 9.78. The molecule has 0 fully saturated rings. The normalized spacial score (nSPS) is 11.3. The number of rotatable bonds is 10. The van der Waals surface area contributed by atoms with Gasteiger partial charge in [0.15, 0.2) is 0 Å². The highest BCUT2D eigenvalue weighted by atomic mass is 16.4. The van der Waals surface area contributed by atoms with E-state index in [0.717, 1.165) is 25.7 Å². The quantitative estimate of drug-likeness (QED) is 0.531. The van der Waals surface area contributed by atoms with Crippen LogP contribution in [0.4, 0.5) is 0 Å². The fourth-order valence-electron chi connectivity index (χ4n) is 1.62. The minimum Gasteiger partial charge on any atom is -0.481 e. The lowest BCUT2D eigenvalue weighted by atomic mass is 10.1. The van der Waals surface area contributed by atoms with E-state index in [9.17, 15) is 9.59 Å². The van der Waals surface area contributed by atoms with Crippen molar-refractivity contribution < 1.29 is 14.7 Å². The minimum absolute atomic E-state index is 0.0461. The molecule has 0 aliphatic rings. The van der Waals surface area contributed by atoms with Crippen LogP contribution in [-0.2, 0) is 9.59 Å². The molecule has 0 spiro atoms. The molecule has 0 aromatic carbocycles. The number of aliphatic carboxylic acids is 1. The Morgan fingerprint density at radius 2 is 1.58 bits per heavy atom. The number of unbranched alkanes of at least 4 members (excludes halogenated alkanes) is 3. The monoisotopic (exact) mass is 272 g/mol. The number of carbonyl (C=O) groups excluding carboxylic acids is 1. The fourth-order valence-corrected chi connectivity index (χ4v) is 1.62. The predicted octanol–water partition coefficient (Wildman–Crippen LogP) is 1.92. The number of hydrogen-bond acceptors (Lipinski definition) is 3. The molecule has 0 aliphatic heterocycles. The molecule has 0 heterocycles. The molecule has 0 atom stereocenters. The van der Waals surface area contributed by atoms with Gasteiger partial charge in [0, 0.05) is 31.5 Å². The van der Waals surface area contributed by atoms with Crippen molar-refractivity contribution in [1.82, 2.24) is 10.6 Å². The van der Waals surface area contributed by atoms with Gasteiger partial charge in [0.1, 0.15) is 0 Å². The Morgan fingerprint density at radius 3 is 2.16 bits per heavy atom. The molecule has 0 radical (unpaired) electrons. The van der Waals surface area contributed by atoms with E-state index in [2.05, 4.69) is 31.4 Å². The molecule has 0 aliphatic carbocycles. The van der Waals surface area contributed by atoms with Crippen LogP contribution in [0.5, 0.6) is 0 Å². The molecule has 0 rings (SSSR count). The summed E-state index contributed by atoms with van der Waals surface area (Å²) in [5.74, 6) is -0.665. The Kier molecular flexibility index (Phi) is 9.21. The largest absolute Gasteiger partial charge is 0.481 e. The highest BCUT2D eigenvalue weighted by Gasteiger charge is 2.09. The molecule has 0 saturated carbocycles. The van der Waals surface area contributed by atoms with Crippen molar-refractivity contribution in [3.63, 3.8) is 0 Å². The standard InChI is InChI=1S/C14H28N2O3/c1-14(2,3)16-11-9-12(17)15-10-7-5-4-6-8-13(18)19/h16H,4-11H2,1-3H3,(H,15,17)(H,18,19). The third-order valence-electron chi connectivity index (χ3n) is 2.65. The van der Waals surface area contributed by atoms with Gasteiger partial charge >= 0.3 is 5.97 Å². The zero-order valence-electron chi connectivity index (χ0n) is 12.4. The smallest absolute Gasteiger partial charge is 0.303 e. The summed E-state index contributed by atoms with van der Waals surface area (Å²) >= 11 is 0. The van der Waals surface area contributed by atoms with Gasteiger partial charge in [-0.25, -0.2) is 0 Å². The molecule has 112 valence electrons. The fraction of sp³-hybridized carbons (Fsp3) is 0.857. The first-order chi connectivity index (χ1) is 8.81. The SMILES string of the molecule is CC(C)(C)NCCC(=O)NCCCCCCC(=O)O. The number of carbonyl (C=O) groups is 2. The van der Waals surface area contributed by atoms with E-state index in [0.29, 0.717) is 19.5 Å². The molecule has 0 aromatic rings. The van der Waals surface area contributed by atoms with Crippen LogP contribution in [0, 0.1) is 0 Å². The van der Waals surface area contributed by atoms with Crippen molar-refractivity contribution in [2.24, 2.45) is 0 Å². The number of hydrogen-bond donors (Lipinski definition) is 3. The van der Waals surface area contributed by atoms with Gasteiger partial charge in [0.25, 0.3) is 0 Å². The van der Waals surface area contributed by atoms with Crippen LogP contribution < -0.4 is 10.6 Å². The number of carboxylic acid groups (broad SMARTS) is 1. The summed E-state index contributed by atoms with van der Waals surface area (Å²) in [5, 5.41) is 14.6. The van der Waals surface area contributed by atoms with Crippen LogP contribution in [0.25, 0.3) is 0 Å². The van der Waals surface area contributed by atoms with Crippen molar-refractivity contribution in [2.45, 2.75) is 64.8 Å². The highest BCUT2D eigenvalue weighted by Crippen LogP contribution is 2.02. The Bertz CT molecular complexity index is 272. The van der Waals surface area contributed by atoms with E-state index in [4.69, 9.17) is 5.11 Å². The Hall–Kier alpha value is -1.10. The summed E-state index contributed by atoms with van der Waals surface area (Å²) in [6.45, 7) is 7.58. The zero-order chi connectivity index (χ0) is 14.7. The molecular formula is C14H28N2O3. The molecular weight excluding hydrogens is 244 g/mol. The number of amides is 1. The topological polar surface area (TPSA) is 78.4 Å². The lowest BCUT2D eigenvalue weighted by Crippen LogP contribution is -2.38. The van der Waals surface area contributed by atoms with Crippen LogP contribution >= 0.6 is 0 Å². The van der Waals surface area contributed by atoms with Gasteiger partial charge in [0.05, 0.1) is 0 Å². The summed E-state index contributed by atoms with van der Waals surface area (Å²) in [4.78, 5) is 21.8. The Morgan fingerprint density at radius 1 is 0.947 bits per heavy atom. The first kappa shape index (κ1) is 17.9. The molecule has 3 N–H and O–H groups in total. The van der Waals surface area contributed by atoms with E-state index in [-0.39, 0.29) is 17.9 Å². The number of carboxylic acids is 1. The number of nitrogens with one attached hydrogen (secondary N) is 2. The molecule has 0 unspecified atom stereocenters. The van der Waals surface area contributed by atoms with Crippen molar-refractivity contribution >= 4 is 11.9 Å². The van der Waals surface area contributed by atoms with E-state index >= 15 is 0 Å². The lowest BCUT2D eigenvalue weighted by Gasteiger charge is -2.20. The third kappa shape index (κ3) is 14.8. The molecule has 0 saturated heterocycles. The summed E-state index contributed by atoms with van der Waals surface area (Å²) in [6, 6.07) is 0. The van der Waals surface area contributed by atoms with Gasteiger partial charge in [-0.15, -0.1) is 0 Å². The van der Waals surface area contributed by atoms with Crippen LogP contribution in [0.2, 0.25) is 0 Å². The maximum atomic E-state index is 11.5. The zero-order valence-corrected chi connectivity index (χ0v) is 12.4. The van der Waals surface area contributed by atoms with Gasteiger partial charge in [-0.2, -0.15) is 0 Å². The Balaban J connectivity index is 3.32. The van der Waals surface area contributed by atoms with Crippen LogP contribution in [0.1, 0.15) is 59.3 Å². The second-order valence-corrected chi connectivity index (χ2v) is 5.83. The van der Waals surface area contributed by atoms with Crippen molar-refractivity contribution in [1.29, 1.82) is 0 Å². The van der Waals surface area contributed by atoms with Gasteiger partial charge in [-0.3, -0.25) is 9.59 Å². The first-order valence-electron chi connectivity index (χ1n) is 7.05. The van der Waals surface area contributed by atoms with Gasteiger partial charge in [-0.1, -0.05) is 12.8 Å². The summed E-state index contributed by atoms with van der Waals surface area (Å²) < 4.78 is 0. The van der Waals surface area contributed by atoms with Gasteiger partial charge in [-0.05, 0) is 33.6 Å². The minimum atomic E-state index is -0.736. The Labute approximate surface area is 116 Å². The predicted molar refractivity (Wildman–Crippen MR) is 76.1 cm³/mol. The molecule has 0 aromatic heterocycles. The second-order valence-electron chi connectivity index (χ2n) is 5.83. The average Bonchev–Trinajstić information content (AvgIpc) is 2.25. The lowest BCUT2D eigenvalue weighted by molar-refractivity contribution is -0.137. The molecule has 1 amide bonds. The van der Waals surface area contributed by atoms with Crippen LogP contribution in [0.15, 0.2) is 0 Å². The van der Waals surface area contributed by atoms with Crippen LogP contribution in [-0.4, -0.2) is 35.6 Å². The third-order valence-corrected chi connectivity index (χ3v) is 2.65. The summed E-state index contributed by atoms with van der Waals surface area (Å²) in [7, 11) is 0. The van der Waals surface area contributed by atoms with E-state index < -0.39 is 5.97 Å². The summed E-state index contributed by atoms with van der Waals surface area (Å²) in [6.07, 6.45) is 4.25. The van der Waals surface area contributed by atoms with E-state index in [1.807, 2.05) is 0 Å². The molecule has 5 heteroatoms. The highest BCUT2D eigenvalue weighted by molar-refractivity contribution is 5.76. The molecule has 0 bridgehead atoms. The summed E-state index contributed by atoms with van der Waals surface area (Å²) in [5.41, 5.74) is 0.0461. The van der Waals surface area contributed by atoms with Crippen molar-refractivity contribution in [3.8, 4) is 0 Å². The van der Waals surface area contributed by atoms with Crippen molar-refractivity contribution in [2.75, 3.05) is 13.1 Å². The maximum absolute atomic E-state index is 11.5. The van der Waals surface area contributed by atoms with E-state index in [1.54, 1.807) is 0 Å².